The number of aryl methyl sites for hydroxylation is 1. The van der Waals surface area contributed by atoms with Crippen molar-refractivity contribution in [2.45, 2.75) is 38.5 Å². The van der Waals surface area contributed by atoms with Gasteiger partial charge in [0.05, 0.1) is 0 Å². The predicted octanol–water partition coefficient (Wildman–Crippen LogP) is 3.37. The lowest BCUT2D eigenvalue weighted by molar-refractivity contribution is -0.0366. The lowest BCUT2D eigenvalue weighted by atomic mass is 9.98. The van der Waals surface area contributed by atoms with Crippen LogP contribution >= 0.6 is 0 Å². The first-order valence-electron chi connectivity index (χ1n) is 5.37. The summed E-state index contributed by atoms with van der Waals surface area (Å²) in [7, 11) is 0. The van der Waals surface area contributed by atoms with Gasteiger partial charge in [0.15, 0.2) is 0 Å². The number of aromatic nitrogens is 1. The highest BCUT2D eigenvalue weighted by Gasteiger charge is 2.43. The molecule has 82 valence electrons. The van der Waals surface area contributed by atoms with Gasteiger partial charge in [0, 0.05) is 24.2 Å². The Balaban J connectivity index is 2.09. The Morgan fingerprint density at radius 3 is 2.93 bits per heavy atom. The van der Waals surface area contributed by atoms with E-state index in [0.29, 0.717) is 19.3 Å². The molecule has 0 N–H and O–H groups in total. The third kappa shape index (κ3) is 2.33. The number of halogens is 2. The molecule has 0 saturated heterocycles. The number of hydrogen-bond acceptors (Lipinski definition) is 1. The van der Waals surface area contributed by atoms with Gasteiger partial charge in [0.1, 0.15) is 0 Å². The topological polar surface area (TPSA) is 12.9 Å². The van der Waals surface area contributed by atoms with Crippen molar-refractivity contribution in [3.05, 3.63) is 29.6 Å². The molecule has 1 aliphatic rings. The summed E-state index contributed by atoms with van der Waals surface area (Å²) in [6.07, 6.45) is 3.42. The van der Waals surface area contributed by atoms with Crippen LogP contribution in [0.2, 0.25) is 0 Å². The first-order chi connectivity index (χ1) is 7.08. The zero-order valence-electron chi connectivity index (χ0n) is 8.84. The van der Waals surface area contributed by atoms with Gasteiger partial charge in [-0.1, -0.05) is 0 Å². The number of hydrogen-bond donors (Lipinski definition) is 0. The minimum Gasteiger partial charge on any atom is -0.261 e. The fourth-order valence-corrected chi connectivity index (χ4v) is 2.21. The van der Waals surface area contributed by atoms with Crippen LogP contribution in [-0.4, -0.2) is 10.9 Å². The van der Waals surface area contributed by atoms with Gasteiger partial charge >= 0.3 is 0 Å². The van der Waals surface area contributed by atoms with E-state index in [1.165, 1.54) is 0 Å². The second kappa shape index (κ2) is 3.87. The number of pyridine rings is 1. The van der Waals surface area contributed by atoms with Crippen LogP contribution in [-0.2, 0) is 6.42 Å². The molecular formula is C12H15F2N. The van der Waals surface area contributed by atoms with E-state index in [9.17, 15) is 8.78 Å². The minimum absolute atomic E-state index is 0.0451. The van der Waals surface area contributed by atoms with Crippen molar-refractivity contribution in [2.75, 3.05) is 0 Å². The van der Waals surface area contributed by atoms with Crippen LogP contribution in [0, 0.1) is 12.8 Å². The molecule has 1 fully saturated rings. The van der Waals surface area contributed by atoms with Gasteiger partial charge in [0.2, 0.25) is 0 Å². The largest absolute Gasteiger partial charge is 0.261 e. The molecule has 1 unspecified atom stereocenters. The molecule has 0 amide bonds. The Kier molecular flexibility index (Phi) is 2.72. The molecule has 0 aromatic carbocycles. The number of nitrogens with zero attached hydrogens (tertiary/aromatic N) is 1. The molecule has 1 aliphatic carbocycles. The summed E-state index contributed by atoms with van der Waals surface area (Å²) < 4.78 is 26.7. The fourth-order valence-electron chi connectivity index (χ4n) is 2.21. The fraction of sp³-hybridized carbons (Fsp3) is 0.583. The van der Waals surface area contributed by atoms with Crippen molar-refractivity contribution in [3.8, 4) is 0 Å². The normalized spacial score (nSPS) is 24.3. The van der Waals surface area contributed by atoms with Gasteiger partial charge in [-0.25, -0.2) is 8.78 Å². The summed E-state index contributed by atoms with van der Waals surface area (Å²) in [6.45, 7) is 1.96. The Morgan fingerprint density at radius 1 is 1.53 bits per heavy atom. The minimum atomic E-state index is -2.48. The van der Waals surface area contributed by atoms with E-state index in [2.05, 4.69) is 4.98 Å². The smallest absolute Gasteiger partial charge is 0.251 e. The van der Waals surface area contributed by atoms with Gasteiger partial charge in [-0.05, 0) is 43.9 Å². The second-order valence-corrected chi connectivity index (χ2v) is 4.38. The summed E-state index contributed by atoms with van der Waals surface area (Å²) in [4.78, 5) is 4.14. The molecule has 1 saturated carbocycles. The summed E-state index contributed by atoms with van der Waals surface area (Å²) in [6, 6.07) is 3.78. The van der Waals surface area contributed by atoms with E-state index in [1.54, 1.807) is 6.20 Å². The summed E-state index contributed by atoms with van der Waals surface area (Å²) in [5, 5.41) is 0. The van der Waals surface area contributed by atoms with E-state index >= 15 is 0 Å². The van der Waals surface area contributed by atoms with Crippen LogP contribution < -0.4 is 0 Å². The molecule has 1 aromatic rings. The maximum atomic E-state index is 13.4. The molecule has 3 heteroatoms. The standard InChI is InChI=1S/C12H15F2N/c1-9-4-6-15-11(7-9)8-10-3-2-5-12(10,13)14/h4,6-7,10H,2-3,5,8H2,1H3. The number of alkyl halides is 2. The van der Waals surface area contributed by atoms with Gasteiger partial charge in [0.25, 0.3) is 5.92 Å². The zero-order chi connectivity index (χ0) is 10.9. The Hall–Kier alpha value is -0.990. The van der Waals surface area contributed by atoms with E-state index in [1.807, 2.05) is 19.1 Å². The van der Waals surface area contributed by atoms with Gasteiger partial charge in [-0.2, -0.15) is 0 Å². The molecule has 0 radical (unpaired) electrons. The molecule has 15 heavy (non-hydrogen) atoms. The van der Waals surface area contributed by atoms with E-state index in [0.717, 1.165) is 11.3 Å². The molecule has 1 heterocycles. The second-order valence-electron chi connectivity index (χ2n) is 4.38. The van der Waals surface area contributed by atoms with Crippen molar-refractivity contribution in [1.29, 1.82) is 0 Å². The average Bonchev–Trinajstić information content (AvgIpc) is 2.46. The van der Waals surface area contributed by atoms with Gasteiger partial charge < -0.3 is 0 Å². The monoisotopic (exact) mass is 211 g/mol. The maximum absolute atomic E-state index is 13.4. The SMILES string of the molecule is Cc1ccnc(CC2CCCC2(F)F)c1. The highest BCUT2D eigenvalue weighted by atomic mass is 19.3. The summed E-state index contributed by atoms with van der Waals surface area (Å²) >= 11 is 0. The highest BCUT2D eigenvalue weighted by molar-refractivity contribution is 5.15. The molecule has 0 aliphatic heterocycles. The quantitative estimate of drug-likeness (QED) is 0.730. The molecule has 1 nitrogen and oxygen atoms in total. The van der Waals surface area contributed by atoms with Gasteiger partial charge in [-0.3, -0.25) is 4.98 Å². The van der Waals surface area contributed by atoms with Crippen molar-refractivity contribution in [3.63, 3.8) is 0 Å². The molecule has 1 aromatic heterocycles. The van der Waals surface area contributed by atoms with Crippen molar-refractivity contribution < 1.29 is 8.78 Å². The molecule has 0 bridgehead atoms. The predicted molar refractivity (Wildman–Crippen MR) is 55.0 cm³/mol. The Bertz CT molecular complexity index is 349. The Labute approximate surface area is 88.5 Å². The van der Waals surface area contributed by atoms with Crippen LogP contribution in [0.25, 0.3) is 0 Å². The number of rotatable bonds is 2. The maximum Gasteiger partial charge on any atom is 0.251 e. The molecule has 0 spiro atoms. The van der Waals surface area contributed by atoms with Crippen molar-refractivity contribution in [1.82, 2.24) is 4.98 Å². The van der Waals surface area contributed by atoms with E-state index in [-0.39, 0.29) is 6.42 Å². The van der Waals surface area contributed by atoms with Gasteiger partial charge in [-0.15, -0.1) is 0 Å². The van der Waals surface area contributed by atoms with Crippen LogP contribution in [0.1, 0.15) is 30.5 Å². The Morgan fingerprint density at radius 2 is 2.33 bits per heavy atom. The van der Waals surface area contributed by atoms with Crippen LogP contribution in [0.3, 0.4) is 0 Å². The first kappa shape index (κ1) is 10.5. The van der Waals surface area contributed by atoms with Crippen molar-refractivity contribution >= 4 is 0 Å². The molecule has 1 atom stereocenters. The van der Waals surface area contributed by atoms with Crippen LogP contribution in [0.4, 0.5) is 8.78 Å². The van der Waals surface area contributed by atoms with E-state index in [4.69, 9.17) is 0 Å². The molecule has 2 rings (SSSR count). The van der Waals surface area contributed by atoms with Crippen LogP contribution in [0.15, 0.2) is 18.3 Å². The van der Waals surface area contributed by atoms with Crippen LogP contribution in [0.5, 0.6) is 0 Å². The lowest BCUT2D eigenvalue weighted by Crippen LogP contribution is -2.23. The highest BCUT2D eigenvalue weighted by Crippen LogP contribution is 2.41. The summed E-state index contributed by atoms with van der Waals surface area (Å²) in [5.74, 6) is -2.99. The summed E-state index contributed by atoms with van der Waals surface area (Å²) in [5.41, 5.74) is 1.88. The molecular weight excluding hydrogens is 196 g/mol. The van der Waals surface area contributed by atoms with E-state index < -0.39 is 11.8 Å². The lowest BCUT2D eigenvalue weighted by Gasteiger charge is -2.18. The zero-order valence-corrected chi connectivity index (χ0v) is 8.84. The first-order valence-corrected chi connectivity index (χ1v) is 5.37. The third-order valence-corrected chi connectivity index (χ3v) is 3.09. The third-order valence-electron chi connectivity index (χ3n) is 3.09. The average molecular weight is 211 g/mol. The van der Waals surface area contributed by atoms with Crippen molar-refractivity contribution in [2.24, 2.45) is 5.92 Å².